The fraction of sp³-hybridized carbons (Fsp3) is 0.160. The smallest absolute Gasteiger partial charge is 0.274 e. The topological polar surface area (TPSA) is 89.4 Å². The maximum absolute atomic E-state index is 12.6. The van der Waals surface area contributed by atoms with Crippen LogP contribution in [0, 0.1) is 13.8 Å². The minimum atomic E-state index is -0.345. The van der Waals surface area contributed by atoms with Gasteiger partial charge in [0.25, 0.3) is 5.56 Å². The molecule has 0 radical (unpaired) electrons. The second-order valence-corrected chi connectivity index (χ2v) is 7.76. The molecule has 0 bridgehead atoms. The lowest BCUT2D eigenvalue weighted by Gasteiger charge is -2.18. The molecular weight excluding hydrogens is 406 g/mol. The Labute approximate surface area is 185 Å². The third-order valence-corrected chi connectivity index (χ3v) is 5.43. The van der Waals surface area contributed by atoms with E-state index in [0.29, 0.717) is 28.1 Å². The fourth-order valence-electron chi connectivity index (χ4n) is 3.83. The van der Waals surface area contributed by atoms with Gasteiger partial charge in [0.05, 0.1) is 6.42 Å². The first-order chi connectivity index (χ1) is 15.3. The van der Waals surface area contributed by atoms with Crippen molar-refractivity contribution in [2.45, 2.75) is 20.3 Å². The number of fused-ring (bicyclic) bond motifs is 1. The number of nitrogens with one attached hydrogen (secondary N) is 2. The van der Waals surface area contributed by atoms with Gasteiger partial charge < -0.3 is 19.9 Å². The number of benzene rings is 2. The number of para-hydroxylation sites is 1. The minimum absolute atomic E-state index is 0.0901. The number of rotatable bonds is 5. The Morgan fingerprint density at radius 2 is 1.88 bits per heavy atom. The van der Waals surface area contributed by atoms with Gasteiger partial charge in [0.15, 0.2) is 0 Å². The summed E-state index contributed by atoms with van der Waals surface area (Å²) in [5, 5.41) is 5.42. The summed E-state index contributed by atoms with van der Waals surface area (Å²) in [6, 6.07) is 11.2. The number of aryl methyl sites for hydroxylation is 3. The van der Waals surface area contributed by atoms with Crippen molar-refractivity contribution in [2.24, 2.45) is 7.05 Å². The molecule has 162 valence electrons. The van der Waals surface area contributed by atoms with Gasteiger partial charge in [-0.1, -0.05) is 24.8 Å². The number of carbonyl (C=O) groups is 2. The van der Waals surface area contributed by atoms with Gasteiger partial charge in [-0.15, -0.1) is 0 Å². The first kappa shape index (κ1) is 21.1. The van der Waals surface area contributed by atoms with Crippen molar-refractivity contribution in [2.75, 3.05) is 10.6 Å². The van der Waals surface area contributed by atoms with Crippen LogP contribution in [0.5, 0.6) is 11.5 Å². The molecule has 3 aromatic rings. The van der Waals surface area contributed by atoms with E-state index in [1.54, 1.807) is 31.4 Å². The number of ether oxygens (including phenoxy) is 1. The number of hydrogen-bond donors (Lipinski definition) is 2. The molecule has 4 rings (SSSR count). The van der Waals surface area contributed by atoms with Crippen molar-refractivity contribution in [1.82, 2.24) is 4.57 Å². The Bertz CT molecular complexity index is 1320. The molecule has 0 atom stereocenters. The molecule has 7 nitrogen and oxygen atoms in total. The number of amides is 2. The standard InChI is InChI=1S/C25H23N3O4/c1-5-21(29)26-16-9-10-20(32-24-14(2)7-6-8-15(24)3)17(11-16)19-13-28(4)25(31)23-18(19)12-22(30)27-23/h5-11,13H,1,12H2,2-4H3,(H,26,29)(H,27,30). The highest BCUT2D eigenvalue weighted by Crippen LogP contribution is 2.41. The van der Waals surface area contributed by atoms with E-state index in [-0.39, 0.29) is 29.5 Å². The van der Waals surface area contributed by atoms with Crippen molar-refractivity contribution in [1.29, 1.82) is 0 Å². The molecule has 0 saturated heterocycles. The lowest BCUT2D eigenvalue weighted by atomic mass is 9.98. The van der Waals surface area contributed by atoms with E-state index in [0.717, 1.165) is 16.9 Å². The van der Waals surface area contributed by atoms with E-state index in [9.17, 15) is 14.4 Å². The Balaban J connectivity index is 1.93. The monoisotopic (exact) mass is 429 g/mol. The summed E-state index contributed by atoms with van der Waals surface area (Å²) in [7, 11) is 1.63. The second kappa shape index (κ2) is 8.19. The zero-order chi connectivity index (χ0) is 23.0. The van der Waals surface area contributed by atoms with Crippen LogP contribution < -0.4 is 20.9 Å². The van der Waals surface area contributed by atoms with Gasteiger partial charge in [-0.3, -0.25) is 14.4 Å². The van der Waals surface area contributed by atoms with Gasteiger partial charge in [0, 0.05) is 35.6 Å². The summed E-state index contributed by atoms with van der Waals surface area (Å²) in [6.07, 6.45) is 2.97. The average molecular weight is 429 g/mol. The highest BCUT2D eigenvalue weighted by Gasteiger charge is 2.27. The van der Waals surface area contributed by atoms with Gasteiger partial charge in [-0.05, 0) is 49.2 Å². The number of carbonyl (C=O) groups excluding carboxylic acids is 2. The van der Waals surface area contributed by atoms with Crippen molar-refractivity contribution in [3.8, 4) is 22.6 Å². The van der Waals surface area contributed by atoms with Crippen LogP contribution in [0.25, 0.3) is 11.1 Å². The van der Waals surface area contributed by atoms with E-state index in [1.807, 2.05) is 32.0 Å². The number of nitrogens with zero attached hydrogens (tertiary/aromatic N) is 1. The summed E-state index contributed by atoms with van der Waals surface area (Å²) in [5.74, 6) is 0.686. The van der Waals surface area contributed by atoms with Crippen molar-refractivity contribution in [3.63, 3.8) is 0 Å². The summed E-state index contributed by atoms with van der Waals surface area (Å²) >= 11 is 0. The zero-order valence-corrected chi connectivity index (χ0v) is 18.1. The maximum Gasteiger partial charge on any atom is 0.274 e. The van der Waals surface area contributed by atoms with Crippen LogP contribution in [0.4, 0.5) is 11.4 Å². The van der Waals surface area contributed by atoms with Crippen molar-refractivity contribution >= 4 is 23.2 Å². The van der Waals surface area contributed by atoms with Crippen LogP contribution in [0.1, 0.15) is 16.7 Å². The average Bonchev–Trinajstić information content (AvgIpc) is 3.16. The fourth-order valence-corrected chi connectivity index (χ4v) is 3.83. The number of pyridine rings is 1. The van der Waals surface area contributed by atoms with Crippen molar-refractivity contribution < 1.29 is 14.3 Å². The Morgan fingerprint density at radius 3 is 2.56 bits per heavy atom. The second-order valence-electron chi connectivity index (χ2n) is 7.76. The Kier molecular flexibility index (Phi) is 5.40. The first-order valence-electron chi connectivity index (χ1n) is 10.1. The molecule has 1 aromatic heterocycles. The number of aromatic nitrogens is 1. The highest BCUT2D eigenvalue weighted by atomic mass is 16.5. The molecular formula is C25H23N3O4. The summed E-state index contributed by atoms with van der Waals surface area (Å²) in [5.41, 5.74) is 4.42. The molecule has 2 heterocycles. The van der Waals surface area contributed by atoms with Crippen LogP contribution in [-0.2, 0) is 23.1 Å². The molecule has 0 unspecified atom stereocenters. The summed E-state index contributed by atoms with van der Waals surface area (Å²) in [4.78, 5) is 36.5. The molecule has 0 saturated carbocycles. The van der Waals surface area contributed by atoms with E-state index in [4.69, 9.17) is 4.74 Å². The van der Waals surface area contributed by atoms with Crippen LogP contribution in [0.2, 0.25) is 0 Å². The molecule has 2 N–H and O–H groups in total. The van der Waals surface area contributed by atoms with Crippen LogP contribution in [0.3, 0.4) is 0 Å². The van der Waals surface area contributed by atoms with Gasteiger partial charge in [-0.2, -0.15) is 0 Å². The molecule has 0 spiro atoms. The van der Waals surface area contributed by atoms with E-state index in [2.05, 4.69) is 17.2 Å². The maximum atomic E-state index is 12.6. The quantitative estimate of drug-likeness (QED) is 0.598. The van der Waals surface area contributed by atoms with Crippen LogP contribution >= 0.6 is 0 Å². The number of hydrogen-bond acceptors (Lipinski definition) is 4. The summed E-state index contributed by atoms with van der Waals surface area (Å²) in [6.45, 7) is 7.42. The third-order valence-electron chi connectivity index (χ3n) is 5.43. The van der Waals surface area contributed by atoms with Gasteiger partial charge in [0.2, 0.25) is 11.8 Å². The molecule has 0 aliphatic carbocycles. The molecule has 2 amide bonds. The highest BCUT2D eigenvalue weighted by molar-refractivity contribution is 6.02. The lowest BCUT2D eigenvalue weighted by Crippen LogP contribution is -2.20. The predicted octanol–water partition coefficient (Wildman–Crippen LogP) is 4.08. The Morgan fingerprint density at radius 1 is 1.16 bits per heavy atom. The lowest BCUT2D eigenvalue weighted by molar-refractivity contribution is -0.115. The molecule has 2 aromatic carbocycles. The molecule has 1 aliphatic heterocycles. The minimum Gasteiger partial charge on any atom is -0.456 e. The van der Waals surface area contributed by atoms with E-state index < -0.39 is 0 Å². The van der Waals surface area contributed by atoms with E-state index in [1.165, 1.54) is 10.6 Å². The Hall–Kier alpha value is -4.13. The van der Waals surface area contributed by atoms with Crippen LogP contribution in [-0.4, -0.2) is 16.4 Å². The molecule has 1 aliphatic rings. The van der Waals surface area contributed by atoms with Gasteiger partial charge in [0.1, 0.15) is 17.2 Å². The predicted molar refractivity (Wildman–Crippen MR) is 124 cm³/mol. The van der Waals surface area contributed by atoms with Gasteiger partial charge >= 0.3 is 0 Å². The zero-order valence-electron chi connectivity index (χ0n) is 18.1. The van der Waals surface area contributed by atoms with Gasteiger partial charge in [-0.25, -0.2) is 0 Å². The molecule has 7 heteroatoms. The number of anilines is 2. The van der Waals surface area contributed by atoms with Crippen molar-refractivity contribution in [3.05, 3.63) is 82.3 Å². The summed E-state index contributed by atoms with van der Waals surface area (Å²) < 4.78 is 7.77. The first-order valence-corrected chi connectivity index (χ1v) is 10.1. The molecule has 32 heavy (non-hydrogen) atoms. The SMILES string of the molecule is C=CC(=O)Nc1ccc(Oc2c(C)cccc2C)c(-c2cn(C)c(=O)c3c2CC(=O)N3)c1. The normalized spacial score (nSPS) is 12.2. The third kappa shape index (κ3) is 3.80. The van der Waals surface area contributed by atoms with E-state index >= 15 is 0 Å². The van der Waals surface area contributed by atoms with Crippen LogP contribution in [0.15, 0.2) is 60.0 Å². The molecule has 0 fully saturated rings. The largest absolute Gasteiger partial charge is 0.456 e.